The first-order valence-electron chi connectivity index (χ1n) is 14.3. The predicted molar refractivity (Wildman–Crippen MR) is 155 cm³/mol. The van der Waals surface area contributed by atoms with Crippen LogP contribution in [0.5, 0.6) is 5.75 Å². The van der Waals surface area contributed by atoms with E-state index in [1.165, 1.54) is 16.7 Å². The van der Waals surface area contributed by atoms with E-state index in [4.69, 9.17) is 14.2 Å². The maximum absolute atomic E-state index is 14.0. The van der Waals surface area contributed by atoms with Gasteiger partial charge < -0.3 is 33.8 Å². The summed E-state index contributed by atoms with van der Waals surface area (Å²) in [6.07, 6.45) is 1.65. The lowest BCUT2D eigenvalue weighted by Gasteiger charge is -2.42. The Kier molecular flexibility index (Phi) is 9.94. The minimum Gasteiger partial charge on any atom is -0.465 e. The molecule has 2 heterocycles. The van der Waals surface area contributed by atoms with Crippen molar-refractivity contribution in [2.75, 3.05) is 52.3 Å². The fourth-order valence-electron chi connectivity index (χ4n) is 5.37. The van der Waals surface area contributed by atoms with Crippen molar-refractivity contribution < 1.29 is 33.4 Å². The van der Waals surface area contributed by atoms with Gasteiger partial charge in [-0.2, -0.15) is 0 Å². The molecule has 0 aliphatic carbocycles. The number of carbonyl (C=O) groups excluding carboxylic acids is 4. The van der Waals surface area contributed by atoms with Crippen LogP contribution in [-0.4, -0.2) is 109 Å². The molecule has 1 fully saturated rings. The number of carbonyl (C=O) groups is 4. The third kappa shape index (κ3) is 7.12. The third-order valence-corrected chi connectivity index (χ3v) is 7.24. The average Bonchev–Trinajstić information content (AvgIpc) is 2.89. The number of hydrogen-bond donors (Lipinski definition) is 0. The Hall–Kier alpha value is -3.34. The topological polar surface area (TPSA) is 109 Å². The van der Waals surface area contributed by atoms with Crippen LogP contribution in [0.3, 0.4) is 0 Å². The average molecular weight is 575 g/mol. The molecule has 11 heteroatoms. The van der Waals surface area contributed by atoms with E-state index < -0.39 is 23.0 Å². The predicted octanol–water partition coefficient (Wildman–Crippen LogP) is 3.55. The first kappa shape index (κ1) is 32.2. The van der Waals surface area contributed by atoms with Crippen molar-refractivity contribution in [2.45, 2.75) is 84.1 Å². The summed E-state index contributed by atoms with van der Waals surface area (Å²) in [5.41, 5.74) is -1.51. The van der Waals surface area contributed by atoms with Gasteiger partial charge in [0.2, 0.25) is 0 Å². The quantitative estimate of drug-likeness (QED) is 0.345. The third-order valence-electron chi connectivity index (χ3n) is 7.24. The van der Waals surface area contributed by atoms with Gasteiger partial charge in [-0.25, -0.2) is 4.79 Å². The summed E-state index contributed by atoms with van der Waals surface area (Å²) in [6, 6.07) is 4.63. The molecule has 41 heavy (non-hydrogen) atoms. The highest BCUT2D eigenvalue weighted by Gasteiger charge is 2.51. The second kappa shape index (κ2) is 12.7. The minimum atomic E-state index is -1.73. The van der Waals surface area contributed by atoms with Crippen LogP contribution >= 0.6 is 0 Å². The summed E-state index contributed by atoms with van der Waals surface area (Å²) in [4.78, 5) is 59.8. The Labute approximate surface area is 243 Å². The Morgan fingerprint density at radius 2 is 1.88 bits per heavy atom. The number of likely N-dealkylation sites (N-methyl/N-ethyl adjacent to an activating group) is 1. The molecule has 1 aromatic carbocycles. The molecule has 1 saturated heterocycles. The normalized spacial score (nSPS) is 20.8. The minimum absolute atomic E-state index is 0.140. The highest BCUT2D eigenvalue weighted by molar-refractivity contribution is 6.16. The first-order chi connectivity index (χ1) is 19.1. The Morgan fingerprint density at radius 1 is 1.20 bits per heavy atom. The van der Waals surface area contributed by atoms with E-state index in [1.807, 2.05) is 34.6 Å². The van der Waals surface area contributed by atoms with Gasteiger partial charge in [0, 0.05) is 59.1 Å². The van der Waals surface area contributed by atoms with Gasteiger partial charge in [-0.15, -0.1) is 0 Å². The van der Waals surface area contributed by atoms with Gasteiger partial charge in [0.15, 0.2) is 0 Å². The Balaban J connectivity index is 1.94. The number of nitrogens with zero attached hydrogens (tertiary/aromatic N) is 4. The lowest BCUT2D eigenvalue weighted by Crippen LogP contribution is -2.62. The van der Waals surface area contributed by atoms with Crippen LogP contribution in [0, 0.1) is 0 Å². The van der Waals surface area contributed by atoms with Crippen molar-refractivity contribution in [3.05, 3.63) is 23.8 Å². The molecule has 0 N–H and O–H groups in total. The number of amides is 4. The van der Waals surface area contributed by atoms with Crippen LogP contribution in [0.15, 0.2) is 18.2 Å². The SMILES string of the molecule is COCCCN1C(=O)C(C)(C(=O)N(C)C)Oc2ccc(C(=O)N(C(C)C)[C@@H]3CCCN(C(=O)OC(C)(C)C)C3)cc21. The van der Waals surface area contributed by atoms with Gasteiger partial charge >= 0.3 is 6.09 Å². The van der Waals surface area contributed by atoms with Crippen LogP contribution in [0.4, 0.5) is 10.5 Å². The van der Waals surface area contributed by atoms with Gasteiger partial charge in [-0.1, -0.05) is 0 Å². The molecule has 11 nitrogen and oxygen atoms in total. The molecular formula is C30H46N4O7. The zero-order chi connectivity index (χ0) is 30.7. The van der Waals surface area contributed by atoms with Crippen molar-refractivity contribution in [1.29, 1.82) is 0 Å². The fourth-order valence-corrected chi connectivity index (χ4v) is 5.37. The lowest BCUT2D eigenvalue weighted by atomic mass is 9.97. The number of piperidine rings is 1. The summed E-state index contributed by atoms with van der Waals surface area (Å²) in [5.74, 6) is -0.824. The summed E-state index contributed by atoms with van der Waals surface area (Å²) in [5, 5.41) is 0. The number of anilines is 1. The van der Waals surface area contributed by atoms with Crippen molar-refractivity contribution >= 4 is 29.5 Å². The molecular weight excluding hydrogens is 528 g/mol. The molecule has 1 aromatic rings. The second-order valence-electron chi connectivity index (χ2n) is 12.3. The zero-order valence-corrected chi connectivity index (χ0v) is 26.0. The molecule has 4 amide bonds. The molecule has 0 saturated carbocycles. The van der Waals surface area contributed by atoms with Crippen molar-refractivity contribution in [3.8, 4) is 5.75 Å². The molecule has 0 aromatic heterocycles. The molecule has 228 valence electrons. The smallest absolute Gasteiger partial charge is 0.410 e. The van der Waals surface area contributed by atoms with Gasteiger partial charge in [0.05, 0.1) is 11.7 Å². The van der Waals surface area contributed by atoms with Gasteiger partial charge in [0.25, 0.3) is 23.3 Å². The number of rotatable bonds is 8. The molecule has 0 radical (unpaired) electrons. The number of benzene rings is 1. The highest BCUT2D eigenvalue weighted by atomic mass is 16.6. The number of ether oxygens (including phenoxy) is 3. The van der Waals surface area contributed by atoms with Crippen LogP contribution in [0.1, 0.15) is 71.2 Å². The Bertz CT molecular complexity index is 1150. The molecule has 3 rings (SSSR count). The highest BCUT2D eigenvalue weighted by Crippen LogP contribution is 2.40. The van der Waals surface area contributed by atoms with E-state index in [0.717, 1.165) is 12.8 Å². The first-order valence-corrected chi connectivity index (χ1v) is 14.3. The standard InChI is InChI=1S/C30H46N4O7/c1-20(2)34(22-12-10-15-32(19-22)28(38)41-29(3,4)5)25(35)21-13-14-24-23(18-21)33(16-11-17-39-9)27(37)30(6,40-24)26(36)31(7)8/h13-14,18,20,22H,10-12,15-17,19H2,1-9H3/t22-,30?/m1/s1. The maximum atomic E-state index is 14.0. The van der Waals surface area contributed by atoms with Crippen molar-refractivity contribution in [1.82, 2.24) is 14.7 Å². The summed E-state index contributed by atoms with van der Waals surface area (Å²) in [7, 11) is 4.74. The molecule has 0 bridgehead atoms. The van der Waals surface area contributed by atoms with Crippen LogP contribution in [0.25, 0.3) is 0 Å². The summed E-state index contributed by atoms with van der Waals surface area (Å²) >= 11 is 0. The van der Waals surface area contributed by atoms with E-state index in [-0.39, 0.29) is 24.1 Å². The van der Waals surface area contributed by atoms with E-state index in [0.29, 0.717) is 49.7 Å². The van der Waals surface area contributed by atoms with E-state index in [1.54, 1.807) is 49.2 Å². The summed E-state index contributed by atoms with van der Waals surface area (Å²) in [6.45, 7) is 12.5. The summed E-state index contributed by atoms with van der Waals surface area (Å²) < 4.78 is 16.8. The van der Waals surface area contributed by atoms with Crippen LogP contribution in [-0.2, 0) is 19.1 Å². The number of likely N-dealkylation sites (tertiary alicyclic amines) is 1. The monoisotopic (exact) mass is 574 g/mol. The lowest BCUT2D eigenvalue weighted by molar-refractivity contribution is -0.154. The molecule has 2 aliphatic heterocycles. The maximum Gasteiger partial charge on any atom is 0.410 e. The van der Waals surface area contributed by atoms with E-state index >= 15 is 0 Å². The van der Waals surface area contributed by atoms with Crippen LogP contribution in [0.2, 0.25) is 0 Å². The zero-order valence-electron chi connectivity index (χ0n) is 26.0. The van der Waals surface area contributed by atoms with Gasteiger partial charge in [-0.05, 0) is 79.0 Å². The van der Waals surface area contributed by atoms with Crippen molar-refractivity contribution in [2.24, 2.45) is 0 Å². The van der Waals surface area contributed by atoms with E-state index in [9.17, 15) is 19.2 Å². The Morgan fingerprint density at radius 3 is 2.46 bits per heavy atom. The van der Waals surface area contributed by atoms with Gasteiger partial charge in [0.1, 0.15) is 11.4 Å². The fraction of sp³-hybridized carbons (Fsp3) is 0.667. The molecule has 0 spiro atoms. The number of hydrogen-bond acceptors (Lipinski definition) is 7. The number of methoxy groups -OCH3 is 1. The van der Waals surface area contributed by atoms with E-state index in [2.05, 4.69) is 0 Å². The second-order valence-corrected chi connectivity index (χ2v) is 12.3. The largest absolute Gasteiger partial charge is 0.465 e. The van der Waals surface area contributed by atoms with Crippen molar-refractivity contribution in [3.63, 3.8) is 0 Å². The molecule has 1 unspecified atom stereocenters. The van der Waals surface area contributed by atoms with Crippen LogP contribution < -0.4 is 9.64 Å². The number of fused-ring (bicyclic) bond motifs is 1. The van der Waals surface area contributed by atoms with Gasteiger partial charge in [-0.3, -0.25) is 14.4 Å². The molecule has 2 aliphatic rings. The molecule has 2 atom stereocenters.